The topological polar surface area (TPSA) is 78.9 Å². The lowest BCUT2D eigenvalue weighted by atomic mass is 10.0. The average molecular weight is 258 g/mol. The molecule has 1 aliphatic rings. The van der Waals surface area contributed by atoms with E-state index >= 15 is 0 Å². The van der Waals surface area contributed by atoms with Gasteiger partial charge in [-0.25, -0.2) is 4.79 Å². The highest BCUT2D eigenvalue weighted by atomic mass is 16.5. The predicted octanol–water partition coefficient (Wildman–Crippen LogP) is 0.773. The maximum atomic E-state index is 11.8. The molecule has 1 fully saturated rings. The number of nitrogens with zero attached hydrogens (tertiary/aromatic N) is 1. The van der Waals surface area contributed by atoms with Crippen LogP contribution in [0.3, 0.4) is 0 Å². The molecule has 0 aromatic heterocycles. The molecule has 6 nitrogen and oxygen atoms in total. The minimum Gasteiger partial charge on any atom is -0.481 e. The molecule has 1 heterocycles. The molecule has 1 saturated heterocycles. The molecule has 1 rings (SSSR count). The highest BCUT2D eigenvalue weighted by Gasteiger charge is 2.25. The first kappa shape index (κ1) is 14.8. The zero-order valence-corrected chi connectivity index (χ0v) is 11.2. The molecule has 0 aromatic carbocycles. The van der Waals surface area contributed by atoms with Crippen LogP contribution in [0.2, 0.25) is 0 Å². The van der Waals surface area contributed by atoms with Crippen LogP contribution in [0.1, 0.15) is 20.3 Å². The van der Waals surface area contributed by atoms with Crippen LogP contribution in [0.15, 0.2) is 0 Å². The number of hydrogen-bond acceptors (Lipinski definition) is 3. The monoisotopic (exact) mass is 258 g/mol. The molecule has 0 radical (unpaired) electrons. The summed E-state index contributed by atoms with van der Waals surface area (Å²) < 4.78 is 5.27. The molecule has 0 bridgehead atoms. The highest BCUT2D eigenvalue weighted by molar-refractivity contribution is 5.75. The first-order chi connectivity index (χ1) is 8.41. The number of carboxylic acids is 1. The van der Waals surface area contributed by atoms with Crippen molar-refractivity contribution in [3.8, 4) is 0 Å². The van der Waals surface area contributed by atoms with E-state index < -0.39 is 11.9 Å². The van der Waals surface area contributed by atoms with Crippen molar-refractivity contribution in [1.29, 1.82) is 0 Å². The standard InChI is InChI=1S/C12H22N2O4/c1-8(11(15)16)6-14(3)12(17)13-9(2)10-4-5-18-7-10/h8-10H,4-7H2,1-3H3,(H,13,17)(H,15,16). The number of carbonyl (C=O) groups excluding carboxylic acids is 1. The maximum absolute atomic E-state index is 11.8. The number of nitrogens with one attached hydrogen (secondary N) is 1. The second kappa shape index (κ2) is 6.58. The van der Waals surface area contributed by atoms with Crippen molar-refractivity contribution in [2.24, 2.45) is 11.8 Å². The van der Waals surface area contributed by atoms with Gasteiger partial charge in [0.1, 0.15) is 0 Å². The minimum atomic E-state index is -0.896. The first-order valence-corrected chi connectivity index (χ1v) is 6.24. The Morgan fingerprint density at radius 1 is 1.50 bits per heavy atom. The van der Waals surface area contributed by atoms with E-state index in [4.69, 9.17) is 9.84 Å². The molecular weight excluding hydrogens is 236 g/mol. The zero-order valence-electron chi connectivity index (χ0n) is 11.2. The van der Waals surface area contributed by atoms with Gasteiger partial charge >= 0.3 is 12.0 Å². The van der Waals surface area contributed by atoms with Gasteiger partial charge in [0.15, 0.2) is 0 Å². The molecule has 3 unspecified atom stereocenters. The van der Waals surface area contributed by atoms with Crippen molar-refractivity contribution in [2.75, 3.05) is 26.8 Å². The van der Waals surface area contributed by atoms with Crippen molar-refractivity contribution in [1.82, 2.24) is 10.2 Å². The Bertz CT molecular complexity index is 302. The minimum absolute atomic E-state index is 0.0441. The summed E-state index contributed by atoms with van der Waals surface area (Å²) in [6, 6.07) is -0.190. The fourth-order valence-electron chi connectivity index (χ4n) is 1.94. The summed E-state index contributed by atoms with van der Waals surface area (Å²) in [6.07, 6.45) is 0.955. The molecule has 104 valence electrons. The van der Waals surface area contributed by atoms with Crippen LogP contribution < -0.4 is 5.32 Å². The third kappa shape index (κ3) is 4.18. The Morgan fingerprint density at radius 2 is 2.17 bits per heavy atom. The van der Waals surface area contributed by atoms with Crippen molar-refractivity contribution in [3.05, 3.63) is 0 Å². The summed E-state index contributed by atoms with van der Waals surface area (Å²) in [4.78, 5) is 24.0. The molecule has 0 spiro atoms. The van der Waals surface area contributed by atoms with Gasteiger partial charge in [-0.2, -0.15) is 0 Å². The molecular formula is C12H22N2O4. The van der Waals surface area contributed by atoms with Gasteiger partial charge in [-0.05, 0) is 13.3 Å². The van der Waals surface area contributed by atoms with Gasteiger partial charge in [-0.15, -0.1) is 0 Å². The smallest absolute Gasteiger partial charge is 0.317 e. The molecule has 0 aromatic rings. The number of urea groups is 1. The summed E-state index contributed by atoms with van der Waals surface area (Å²) in [5.41, 5.74) is 0. The SMILES string of the molecule is CC(CN(C)C(=O)NC(C)C1CCOC1)C(=O)O. The van der Waals surface area contributed by atoms with Crippen LogP contribution in [0.4, 0.5) is 4.79 Å². The van der Waals surface area contributed by atoms with Crippen LogP contribution in [-0.2, 0) is 9.53 Å². The van der Waals surface area contributed by atoms with Gasteiger partial charge < -0.3 is 20.1 Å². The van der Waals surface area contributed by atoms with E-state index in [0.29, 0.717) is 12.5 Å². The molecule has 3 atom stereocenters. The Hall–Kier alpha value is -1.30. The van der Waals surface area contributed by atoms with Crippen LogP contribution in [0.25, 0.3) is 0 Å². The number of carbonyl (C=O) groups is 2. The second-order valence-electron chi connectivity index (χ2n) is 4.98. The van der Waals surface area contributed by atoms with Gasteiger partial charge in [-0.3, -0.25) is 4.79 Å². The van der Waals surface area contributed by atoms with Crippen molar-refractivity contribution >= 4 is 12.0 Å². The lowest BCUT2D eigenvalue weighted by molar-refractivity contribution is -0.141. The summed E-state index contributed by atoms with van der Waals surface area (Å²) in [5.74, 6) is -1.11. The summed E-state index contributed by atoms with van der Waals surface area (Å²) >= 11 is 0. The average Bonchev–Trinajstić information content (AvgIpc) is 2.81. The van der Waals surface area contributed by atoms with E-state index in [1.165, 1.54) is 4.90 Å². The zero-order chi connectivity index (χ0) is 13.7. The van der Waals surface area contributed by atoms with Crippen LogP contribution >= 0.6 is 0 Å². The number of amides is 2. The van der Waals surface area contributed by atoms with Gasteiger partial charge in [-0.1, -0.05) is 6.92 Å². The van der Waals surface area contributed by atoms with Gasteiger partial charge in [0.2, 0.25) is 0 Å². The quantitative estimate of drug-likeness (QED) is 0.763. The van der Waals surface area contributed by atoms with E-state index in [0.717, 1.165) is 13.0 Å². The van der Waals surface area contributed by atoms with Crippen LogP contribution in [0, 0.1) is 11.8 Å². The molecule has 6 heteroatoms. The van der Waals surface area contributed by atoms with E-state index in [2.05, 4.69) is 5.32 Å². The lowest BCUT2D eigenvalue weighted by Crippen LogP contribution is -2.46. The number of ether oxygens (including phenoxy) is 1. The van der Waals surface area contributed by atoms with E-state index in [9.17, 15) is 9.59 Å². The molecule has 0 saturated carbocycles. The molecule has 0 aliphatic carbocycles. The summed E-state index contributed by atoms with van der Waals surface area (Å²) in [7, 11) is 1.60. The Morgan fingerprint density at radius 3 is 2.67 bits per heavy atom. The van der Waals surface area contributed by atoms with Crippen molar-refractivity contribution < 1.29 is 19.4 Å². The molecule has 18 heavy (non-hydrogen) atoms. The van der Waals surface area contributed by atoms with Gasteiger partial charge in [0.25, 0.3) is 0 Å². The first-order valence-electron chi connectivity index (χ1n) is 6.24. The predicted molar refractivity (Wildman–Crippen MR) is 66.3 cm³/mol. The normalized spacial score (nSPS) is 22.3. The summed E-state index contributed by atoms with van der Waals surface area (Å²) in [5, 5.41) is 11.7. The van der Waals surface area contributed by atoms with E-state index in [1.54, 1.807) is 14.0 Å². The molecule has 1 aliphatic heterocycles. The van der Waals surface area contributed by atoms with Gasteiger partial charge in [0.05, 0.1) is 12.5 Å². The fourth-order valence-corrected chi connectivity index (χ4v) is 1.94. The Labute approximate surface area is 107 Å². The lowest BCUT2D eigenvalue weighted by Gasteiger charge is -2.25. The Kier molecular flexibility index (Phi) is 5.40. The molecule has 2 amide bonds. The number of aliphatic carboxylic acids is 1. The fraction of sp³-hybridized carbons (Fsp3) is 0.833. The maximum Gasteiger partial charge on any atom is 0.317 e. The second-order valence-corrected chi connectivity index (χ2v) is 4.98. The highest BCUT2D eigenvalue weighted by Crippen LogP contribution is 2.16. The van der Waals surface area contributed by atoms with E-state index in [-0.39, 0.29) is 18.6 Å². The van der Waals surface area contributed by atoms with Gasteiger partial charge in [0, 0.05) is 32.2 Å². The van der Waals surface area contributed by atoms with Crippen LogP contribution in [0.5, 0.6) is 0 Å². The van der Waals surface area contributed by atoms with E-state index in [1.807, 2.05) is 6.92 Å². The number of carboxylic acid groups (broad SMARTS) is 1. The largest absolute Gasteiger partial charge is 0.481 e. The third-order valence-corrected chi connectivity index (χ3v) is 3.34. The Balaban J connectivity index is 2.36. The number of rotatable bonds is 5. The summed E-state index contributed by atoms with van der Waals surface area (Å²) in [6.45, 7) is 5.16. The molecule has 2 N–H and O–H groups in total. The number of hydrogen-bond donors (Lipinski definition) is 2. The van der Waals surface area contributed by atoms with Crippen molar-refractivity contribution in [2.45, 2.75) is 26.3 Å². The van der Waals surface area contributed by atoms with Crippen molar-refractivity contribution in [3.63, 3.8) is 0 Å². The van der Waals surface area contributed by atoms with Crippen LogP contribution in [-0.4, -0.2) is 54.9 Å². The third-order valence-electron chi connectivity index (χ3n) is 3.34.